The van der Waals surface area contributed by atoms with Crippen molar-refractivity contribution >= 4 is 17.4 Å². The molecule has 4 heteroatoms. The fourth-order valence-corrected chi connectivity index (χ4v) is 0.741. The van der Waals surface area contributed by atoms with Crippen LogP contribution in [0, 0.1) is 0 Å². The van der Waals surface area contributed by atoms with Crippen LogP contribution >= 0.6 is 0 Å². The Morgan fingerprint density at radius 2 is 2.40 bits per heavy atom. The number of aldehydes is 1. The molecular weight excluding hydrogens is 134 g/mol. The van der Waals surface area contributed by atoms with E-state index in [0.29, 0.717) is 17.4 Å². The molecular formula is C6H3NO3. The standard InChI is InChI=1S/C6H3NO3/c8-1-6-7-4-2-9-3-5(4)10-6/h1-3H. The highest BCUT2D eigenvalue weighted by Crippen LogP contribution is 2.14. The molecule has 0 aliphatic heterocycles. The third-order valence-electron chi connectivity index (χ3n) is 1.15. The lowest BCUT2D eigenvalue weighted by Crippen LogP contribution is -1.73. The SMILES string of the molecule is O=Cc1nc2cocc2o1. The van der Waals surface area contributed by atoms with E-state index in [0.717, 1.165) is 0 Å². The Labute approximate surface area is 55.4 Å². The first-order chi connectivity index (χ1) is 4.90. The molecule has 0 aliphatic rings. The molecule has 0 N–H and O–H groups in total. The van der Waals surface area contributed by atoms with Crippen LogP contribution in [0.15, 0.2) is 21.4 Å². The number of furan rings is 1. The van der Waals surface area contributed by atoms with Crippen LogP contribution < -0.4 is 0 Å². The molecule has 0 aliphatic carbocycles. The molecule has 0 radical (unpaired) electrons. The molecule has 50 valence electrons. The van der Waals surface area contributed by atoms with E-state index < -0.39 is 0 Å². The summed E-state index contributed by atoms with van der Waals surface area (Å²) in [6, 6.07) is 0. The number of carbonyl (C=O) groups is 1. The van der Waals surface area contributed by atoms with E-state index in [2.05, 4.69) is 4.98 Å². The van der Waals surface area contributed by atoms with E-state index >= 15 is 0 Å². The maximum atomic E-state index is 10.1. The molecule has 0 amide bonds. The second-order valence-corrected chi connectivity index (χ2v) is 1.79. The molecule has 0 fully saturated rings. The molecule has 2 rings (SSSR count). The molecule has 0 unspecified atom stereocenters. The third-order valence-corrected chi connectivity index (χ3v) is 1.15. The number of fused-ring (bicyclic) bond motifs is 1. The van der Waals surface area contributed by atoms with Gasteiger partial charge in [-0.1, -0.05) is 0 Å². The van der Waals surface area contributed by atoms with Gasteiger partial charge in [0.2, 0.25) is 6.29 Å². The fraction of sp³-hybridized carbons (Fsp3) is 0. The van der Waals surface area contributed by atoms with Crippen LogP contribution in [-0.4, -0.2) is 11.3 Å². The Hall–Kier alpha value is -1.58. The quantitative estimate of drug-likeness (QED) is 0.554. The largest absolute Gasteiger partial charge is 0.466 e. The van der Waals surface area contributed by atoms with Crippen LogP contribution in [0.5, 0.6) is 0 Å². The molecule has 0 saturated carbocycles. The Morgan fingerprint density at radius 3 is 3.10 bits per heavy atom. The number of hydrogen-bond acceptors (Lipinski definition) is 4. The Kier molecular flexibility index (Phi) is 0.887. The number of rotatable bonds is 1. The maximum Gasteiger partial charge on any atom is 0.261 e. The molecule has 0 spiro atoms. The molecule has 10 heavy (non-hydrogen) atoms. The highest BCUT2D eigenvalue weighted by molar-refractivity contribution is 5.77. The normalized spacial score (nSPS) is 10.4. The van der Waals surface area contributed by atoms with Crippen LogP contribution in [0.3, 0.4) is 0 Å². The van der Waals surface area contributed by atoms with Gasteiger partial charge in [-0.2, -0.15) is 0 Å². The minimum Gasteiger partial charge on any atom is -0.466 e. The summed E-state index contributed by atoms with van der Waals surface area (Å²) in [4.78, 5) is 13.8. The lowest BCUT2D eigenvalue weighted by molar-refractivity contribution is 0.109. The van der Waals surface area contributed by atoms with Gasteiger partial charge in [0, 0.05) is 0 Å². The smallest absolute Gasteiger partial charge is 0.261 e. The number of nitrogens with zero attached hydrogens (tertiary/aromatic N) is 1. The minimum atomic E-state index is 0.0841. The summed E-state index contributed by atoms with van der Waals surface area (Å²) in [5.41, 5.74) is 1.07. The van der Waals surface area contributed by atoms with Gasteiger partial charge in [0.15, 0.2) is 5.58 Å². The molecule has 4 nitrogen and oxygen atoms in total. The highest BCUT2D eigenvalue weighted by Gasteiger charge is 2.04. The van der Waals surface area contributed by atoms with Crippen molar-refractivity contribution in [2.75, 3.05) is 0 Å². The lowest BCUT2D eigenvalue weighted by atomic mass is 10.6. The van der Waals surface area contributed by atoms with Gasteiger partial charge < -0.3 is 8.83 Å². The predicted octanol–water partition coefficient (Wildman–Crippen LogP) is 1.23. The van der Waals surface area contributed by atoms with Gasteiger partial charge in [-0.3, -0.25) is 4.79 Å². The van der Waals surface area contributed by atoms with Gasteiger partial charge in [0.25, 0.3) is 5.89 Å². The summed E-state index contributed by atoms with van der Waals surface area (Å²) < 4.78 is 9.62. The summed E-state index contributed by atoms with van der Waals surface area (Å²) >= 11 is 0. The second-order valence-electron chi connectivity index (χ2n) is 1.79. The van der Waals surface area contributed by atoms with Gasteiger partial charge in [0.1, 0.15) is 18.0 Å². The van der Waals surface area contributed by atoms with Gasteiger partial charge >= 0.3 is 0 Å². The van der Waals surface area contributed by atoms with Crippen molar-refractivity contribution in [3.63, 3.8) is 0 Å². The van der Waals surface area contributed by atoms with Crippen molar-refractivity contribution < 1.29 is 13.6 Å². The Bertz CT molecular complexity index is 331. The van der Waals surface area contributed by atoms with Crippen LogP contribution in [0.1, 0.15) is 10.7 Å². The van der Waals surface area contributed by atoms with Crippen molar-refractivity contribution in [3.05, 3.63) is 18.4 Å². The van der Waals surface area contributed by atoms with Crippen molar-refractivity contribution in [2.24, 2.45) is 0 Å². The predicted molar refractivity (Wildman–Crippen MR) is 31.7 cm³/mol. The van der Waals surface area contributed by atoms with Gasteiger partial charge in [0.05, 0.1) is 0 Å². The van der Waals surface area contributed by atoms with Gasteiger partial charge in [-0.25, -0.2) is 4.98 Å². The van der Waals surface area contributed by atoms with E-state index in [4.69, 9.17) is 8.83 Å². The zero-order valence-electron chi connectivity index (χ0n) is 4.90. The molecule has 0 aromatic carbocycles. The molecule has 2 aromatic heterocycles. The van der Waals surface area contributed by atoms with Gasteiger partial charge in [-0.15, -0.1) is 0 Å². The third kappa shape index (κ3) is 0.556. The van der Waals surface area contributed by atoms with Gasteiger partial charge in [-0.05, 0) is 0 Å². The Morgan fingerprint density at radius 1 is 1.50 bits per heavy atom. The van der Waals surface area contributed by atoms with Crippen LogP contribution in [0.25, 0.3) is 11.1 Å². The van der Waals surface area contributed by atoms with E-state index in [-0.39, 0.29) is 5.89 Å². The van der Waals surface area contributed by atoms with E-state index in [9.17, 15) is 4.79 Å². The van der Waals surface area contributed by atoms with Crippen molar-refractivity contribution in [3.8, 4) is 0 Å². The maximum absolute atomic E-state index is 10.1. The molecule has 0 atom stereocenters. The fourth-order valence-electron chi connectivity index (χ4n) is 0.741. The summed E-state index contributed by atoms with van der Waals surface area (Å²) in [7, 11) is 0. The summed E-state index contributed by atoms with van der Waals surface area (Å²) in [5, 5.41) is 0. The minimum absolute atomic E-state index is 0.0841. The average molecular weight is 137 g/mol. The molecule has 0 saturated heterocycles. The zero-order valence-corrected chi connectivity index (χ0v) is 4.90. The average Bonchev–Trinajstić information content (AvgIpc) is 2.42. The first-order valence-electron chi connectivity index (χ1n) is 2.68. The van der Waals surface area contributed by atoms with Crippen molar-refractivity contribution in [1.29, 1.82) is 0 Å². The first kappa shape index (κ1) is 5.22. The number of aromatic nitrogens is 1. The van der Waals surface area contributed by atoms with E-state index in [1.807, 2.05) is 0 Å². The zero-order chi connectivity index (χ0) is 6.97. The van der Waals surface area contributed by atoms with Crippen molar-refractivity contribution in [1.82, 2.24) is 4.98 Å². The van der Waals surface area contributed by atoms with Crippen LogP contribution in [0.2, 0.25) is 0 Å². The second kappa shape index (κ2) is 1.70. The van der Waals surface area contributed by atoms with Crippen LogP contribution in [-0.2, 0) is 0 Å². The summed E-state index contributed by atoms with van der Waals surface area (Å²) in [6.45, 7) is 0. The van der Waals surface area contributed by atoms with Crippen LogP contribution in [0.4, 0.5) is 0 Å². The molecule has 2 aromatic rings. The Balaban J connectivity index is 2.78. The van der Waals surface area contributed by atoms with Crippen molar-refractivity contribution in [2.45, 2.75) is 0 Å². The first-order valence-corrected chi connectivity index (χ1v) is 2.68. The number of oxazole rings is 1. The molecule has 0 bridgehead atoms. The monoisotopic (exact) mass is 137 g/mol. The number of carbonyl (C=O) groups excluding carboxylic acids is 1. The summed E-state index contributed by atoms with van der Waals surface area (Å²) in [5.74, 6) is 0.0841. The highest BCUT2D eigenvalue weighted by atomic mass is 16.4. The summed E-state index contributed by atoms with van der Waals surface area (Å²) in [6.07, 6.45) is 3.38. The molecule has 2 heterocycles. The number of hydrogen-bond donors (Lipinski definition) is 0. The topological polar surface area (TPSA) is 56.2 Å². The lowest BCUT2D eigenvalue weighted by Gasteiger charge is -1.71. The van der Waals surface area contributed by atoms with E-state index in [1.54, 1.807) is 0 Å². The van der Waals surface area contributed by atoms with E-state index in [1.165, 1.54) is 12.5 Å².